The number of carbonyl (C=O) groups is 1. The van der Waals surface area contributed by atoms with Crippen molar-refractivity contribution < 1.29 is 17.9 Å². The molecule has 1 saturated carbocycles. The standard InChI is InChI=1S/C15H30N2O4S/c1-6-22(19,20)10-12(2)16-11-15(8-7-9-15)17-13(18)21-14(3,4)5/h12,16H,6-11H2,1-5H3,(H,17,18). The van der Waals surface area contributed by atoms with Gasteiger partial charge in [0.15, 0.2) is 9.84 Å². The summed E-state index contributed by atoms with van der Waals surface area (Å²) in [5, 5.41) is 6.18. The minimum atomic E-state index is -3.00. The van der Waals surface area contributed by atoms with E-state index in [0.29, 0.717) is 6.54 Å². The number of hydrogen-bond acceptors (Lipinski definition) is 5. The Kier molecular flexibility index (Phi) is 6.27. The van der Waals surface area contributed by atoms with Crippen molar-refractivity contribution in [3.63, 3.8) is 0 Å². The minimum absolute atomic E-state index is 0.117. The number of ether oxygens (including phenoxy) is 1. The molecule has 1 rings (SSSR count). The number of carbonyl (C=O) groups excluding carboxylic acids is 1. The second kappa shape index (κ2) is 7.17. The molecule has 1 fully saturated rings. The molecule has 0 aromatic carbocycles. The van der Waals surface area contributed by atoms with Gasteiger partial charge in [-0.05, 0) is 47.0 Å². The zero-order chi connectivity index (χ0) is 17.0. The van der Waals surface area contributed by atoms with E-state index < -0.39 is 21.5 Å². The lowest BCUT2D eigenvalue weighted by molar-refractivity contribution is 0.0380. The Morgan fingerprint density at radius 1 is 1.32 bits per heavy atom. The van der Waals surface area contributed by atoms with Crippen molar-refractivity contribution in [3.05, 3.63) is 0 Å². The van der Waals surface area contributed by atoms with E-state index in [2.05, 4.69) is 10.6 Å². The van der Waals surface area contributed by atoms with Gasteiger partial charge in [-0.2, -0.15) is 0 Å². The third kappa shape index (κ3) is 6.52. The highest BCUT2D eigenvalue weighted by Crippen LogP contribution is 2.31. The van der Waals surface area contributed by atoms with Crippen LogP contribution in [0.5, 0.6) is 0 Å². The number of amides is 1. The smallest absolute Gasteiger partial charge is 0.408 e. The first-order valence-corrected chi connectivity index (χ1v) is 9.74. The monoisotopic (exact) mass is 334 g/mol. The molecule has 1 amide bonds. The van der Waals surface area contributed by atoms with Crippen molar-refractivity contribution in [2.24, 2.45) is 0 Å². The van der Waals surface area contributed by atoms with E-state index in [1.807, 2.05) is 27.7 Å². The number of nitrogens with one attached hydrogen (secondary N) is 2. The molecule has 7 heteroatoms. The molecule has 22 heavy (non-hydrogen) atoms. The van der Waals surface area contributed by atoms with Crippen LogP contribution < -0.4 is 10.6 Å². The summed E-state index contributed by atoms with van der Waals surface area (Å²) in [6.45, 7) is 9.56. The second-order valence-corrected chi connectivity index (χ2v) is 9.64. The van der Waals surface area contributed by atoms with Gasteiger partial charge in [0.2, 0.25) is 0 Å². The lowest BCUT2D eigenvalue weighted by Gasteiger charge is -2.43. The van der Waals surface area contributed by atoms with Gasteiger partial charge in [0.05, 0.1) is 11.3 Å². The van der Waals surface area contributed by atoms with Crippen LogP contribution in [0, 0.1) is 0 Å². The minimum Gasteiger partial charge on any atom is -0.444 e. The van der Waals surface area contributed by atoms with Crippen LogP contribution in [0.4, 0.5) is 4.79 Å². The highest BCUT2D eigenvalue weighted by Gasteiger charge is 2.39. The fourth-order valence-corrected chi connectivity index (χ4v) is 3.51. The molecule has 6 nitrogen and oxygen atoms in total. The summed E-state index contributed by atoms with van der Waals surface area (Å²) >= 11 is 0. The van der Waals surface area contributed by atoms with Gasteiger partial charge in [0.25, 0.3) is 0 Å². The first kappa shape index (κ1) is 19.2. The van der Waals surface area contributed by atoms with Crippen molar-refractivity contribution in [2.45, 2.75) is 71.1 Å². The molecule has 0 spiro atoms. The van der Waals surface area contributed by atoms with E-state index in [9.17, 15) is 13.2 Å². The zero-order valence-corrected chi connectivity index (χ0v) is 15.2. The number of rotatable bonds is 7. The summed E-state index contributed by atoms with van der Waals surface area (Å²) in [4.78, 5) is 11.9. The molecule has 0 radical (unpaired) electrons. The van der Waals surface area contributed by atoms with Gasteiger partial charge in [-0.15, -0.1) is 0 Å². The predicted octanol–water partition coefficient (Wildman–Crippen LogP) is 1.85. The lowest BCUT2D eigenvalue weighted by atomic mass is 9.76. The van der Waals surface area contributed by atoms with Crippen LogP contribution in [0.25, 0.3) is 0 Å². The predicted molar refractivity (Wildman–Crippen MR) is 87.7 cm³/mol. The van der Waals surface area contributed by atoms with Crippen LogP contribution in [0.2, 0.25) is 0 Å². The van der Waals surface area contributed by atoms with Gasteiger partial charge in [0, 0.05) is 18.3 Å². The molecular weight excluding hydrogens is 304 g/mol. The van der Waals surface area contributed by atoms with Crippen LogP contribution in [0.15, 0.2) is 0 Å². The maximum Gasteiger partial charge on any atom is 0.408 e. The van der Waals surface area contributed by atoms with Crippen LogP contribution in [-0.2, 0) is 14.6 Å². The Morgan fingerprint density at radius 3 is 2.32 bits per heavy atom. The maximum absolute atomic E-state index is 11.9. The Labute approximate surface area is 134 Å². The Morgan fingerprint density at radius 2 is 1.91 bits per heavy atom. The van der Waals surface area contributed by atoms with Crippen LogP contribution in [0.3, 0.4) is 0 Å². The zero-order valence-electron chi connectivity index (χ0n) is 14.4. The molecule has 1 atom stereocenters. The number of hydrogen-bond donors (Lipinski definition) is 2. The van der Waals surface area contributed by atoms with Crippen LogP contribution in [0.1, 0.15) is 53.9 Å². The molecule has 0 aromatic heterocycles. The topological polar surface area (TPSA) is 84.5 Å². The molecule has 2 N–H and O–H groups in total. The SMILES string of the molecule is CCS(=O)(=O)CC(C)NCC1(NC(=O)OC(C)(C)C)CCC1. The molecule has 1 aliphatic rings. The molecule has 0 heterocycles. The summed E-state index contributed by atoms with van der Waals surface area (Å²) in [5.74, 6) is 0.270. The Balaban J connectivity index is 2.49. The van der Waals surface area contributed by atoms with Crippen molar-refractivity contribution in [3.8, 4) is 0 Å². The first-order chi connectivity index (χ1) is 9.97. The van der Waals surface area contributed by atoms with Crippen molar-refractivity contribution in [1.29, 1.82) is 0 Å². The highest BCUT2D eigenvalue weighted by atomic mass is 32.2. The average molecular weight is 334 g/mol. The van der Waals surface area contributed by atoms with E-state index >= 15 is 0 Å². The van der Waals surface area contributed by atoms with Crippen molar-refractivity contribution in [2.75, 3.05) is 18.1 Å². The van der Waals surface area contributed by atoms with Crippen LogP contribution >= 0.6 is 0 Å². The van der Waals surface area contributed by atoms with Gasteiger partial charge < -0.3 is 15.4 Å². The molecule has 1 unspecified atom stereocenters. The molecule has 0 aromatic rings. The number of sulfone groups is 1. The summed E-state index contributed by atoms with van der Waals surface area (Å²) in [6, 6.07) is -0.136. The third-order valence-corrected chi connectivity index (χ3v) is 5.70. The maximum atomic E-state index is 11.9. The van der Waals surface area contributed by atoms with E-state index in [0.717, 1.165) is 19.3 Å². The second-order valence-electron chi connectivity index (χ2n) is 7.24. The number of alkyl carbamates (subject to hydrolysis) is 1. The molecule has 130 valence electrons. The van der Waals surface area contributed by atoms with Gasteiger partial charge in [-0.3, -0.25) is 0 Å². The van der Waals surface area contributed by atoms with E-state index in [1.54, 1.807) is 6.92 Å². The lowest BCUT2D eigenvalue weighted by Crippen LogP contribution is -2.61. The van der Waals surface area contributed by atoms with E-state index in [4.69, 9.17) is 4.74 Å². The van der Waals surface area contributed by atoms with Crippen molar-refractivity contribution in [1.82, 2.24) is 10.6 Å². The quantitative estimate of drug-likeness (QED) is 0.742. The summed E-state index contributed by atoms with van der Waals surface area (Å²) in [6.07, 6.45) is 2.40. The Hall–Kier alpha value is -0.820. The molecule has 0 saturated heterocycles. The largest absolute Gasteiger partial charge is 0.444 e. The highest BCUT2D eigenvalue weighted by molar-refractivity contribution is 7.91. The van der Waals surface area contributed by atoms with Gasteiger partial charge in [-0.25, -0.2) is 13.2 Å². The van der Waals surface area contributed by atoms with E-state index in [-0.39, 0.29) is 23.1 Å². The molecule has 0 bridgehead atoms. The summed E-state index contributed by atoms with van der Waals surface area (Å²) in [7, 11) is -3.00. The van der Waals surface area contributed by atoms with Gasteiger partial charge in [-0.1, -0.05) is 6.92 Å². The van der Waals surface area contributed by atoms with Crippen molar-refractivity contribution >= 4 is 15.9 Å². The average Bonchev–Trinajstić information content (AvgIpc) is 2.29. The molecule has 0 aliphatic heterocycles. The van der Waals surface area contributed by atoms with E-state index in [1.165, 1.54) is 0 Å². The third-order valence-electron chi connectivity index (χ3n) is 3.81. The Bertz CT molecular complexity index is 478. The molecular formula is C15H30N2O4S. The fourth-order valence-electron chi connectivity index (χ4n) is 2.40. The van der Waals surface area contributed by atoms with Gasteiger partial charge in [0.1, 0.15) is 5.60 Å². The van der Waals surface area contributed by atoms with Gasteiger partial charge >= 0.3 is 6.09 Å². The van der Waals surface area contributed by atoms with Crippen LogP contribution in [-0.4, -0.2) is 49.7 Å². The normalized spacial score (nSPS) is 19.1. The summed E-state index contributed by atoms with van der Waals surface area (Å²) in [5.41, 5.74) is -0.836. The first-order valence-electron chi connectivity index (χ1n) is 7.92. The summed E-state index contributed by atoms with van der Waals surface area (Å²) < 4.78 is 28.5. The molecule has 1 aliphatic carbocycles. The fraction of sp³-hybridized carbons (Fsp3) is 0.933.